The van der Waals surface area contributed by atoms with Crippen LogP contribution in [0.15, 0.2) is 48.5 Å². The van der Waals surface area contributed by atoms with Crippen molar-refractivity contribution >= 4 is 11.9 Å². The molecule has 0 saturated carbocycles. The Hall–Kier alpha value is -2.70. The molecular formula is C50H84N2O4. The van der Waals surface area contributed by atoms with Crippen molar-refractivity contribution in [2.45, 2.75) is 195 Å². The predicted octanol–water partition coefficient (Wildman–Crippen LogP) is 13.5. The minimum atomic E-state index is -0.118. The van der Waals surface area contributed by atoms with Gasteiger partial charge in [-0.25, -0.2) is 0 Å². The Labute approximate surface area is 344 Å². The molecule has 0 spiro atoms. The van der Waals surface area contributed by atoms with E-state index in [9.17, 15) is 9.59 Å². The van der Waals surface area contributed by atoms with Gasteiger partial charge in [0.25, 0.3) is 0 Å². The Morgan fingerprint density at radius 2 is 0.643 bits per heavy atom. The maximum absolute atomic E-state index is 12.7. The second-order valence-electron chi connectivity index (χ2n) is 16.3. The number of carbonyl (C=O) groups is 2. The maximum atomic E-state index is 12.7. The summed E-state index contributed by atoms with van der Waals surface area (Å²) in [6, 6.07) is 16.5. The molecule has 0 atom stereocenters. The molecule has 0 aliphatic heterocycles. The minimum Gasteiger partial charge on any atom is -0.461 e. The third-order valence-corrected chi connectivity index (χ3v) is 11.1. The third-order valence-electron chi connectivity index (χ3n) is 11.1. The first-order valence-corrected chi connectivity index (χ1v) is 23.4. The molecule has 2 aromatic carbocycles. The van der Waals surface area contributed by atoms with Gasteiger partial charge < -0.3 is 19.3 Å². The summed E-state index contributed by atoms with van der Waals surface area (Å²) in [7, 11) is 0. The van der Waals surface area contributed by atoms with Gasteiger partial charge in [-0.3, -0.25) is 9.59 Å². The lowest BCUT2D eigenvalue weighted by Crippen LogP contribution is -2.29. The van der Waals surface area contributed by atoms with Gasteiger partial charge in [-0.2, -0.15) is 0 Å². The van der Waals surface area contributed by atoms with Crippen molar-refractivity contribution in [1.29, 1.82) is 0 Å². The van der Waals surface area contributed by atoms with Crippen LogP contribution in [0.25, 0.3) is 11.1 Å². The Morgan fingerprint density at radius 3 is 0.929 bits per heavy atom. The zero-order valence-corrected chi connectivity index (χ0v) is 36.8. The highest BCUT2D eigenvalue weighted by Gasteiger charge is 2.12. The molecule has 6 nitrogen and oxygen atoms in total. The monoisotopic (exact) mass is 777 g/mol. The van der Waals surface area contributed by atoms with Gasteiger partial charge in [0.1, 0.15) is 13.2 Å². The lowest BCUT2D eigenvalue weighted by atomic mass is 10.0. The summed E-state index contributed by atoms with van der Waals surface area (Å²) in [5.41, 5.74) is 4.20. The average molecular weight is 777 g/mol. The van der Waals surface area contributed by atoms with Gasteiger partial charge in [0, 0.05) is 13.1 Å². The number of esters is 2. The molecule has 56 heavy (non-hydrogen) atoms. The van der Waals surface area contributed by atoms with Crippen molar-refractivity contribution in [3.63, 3.8) is 0 Å². The molecule has 0 fully saturated rings. The highest BCUT2D eigenvalue weighted by atomic mass is 16.5. The van der Waals surface area contributed by atoms with E-state index in [4.69, 9.17) is 9.47 Å². The number of unbranched alkanes of at least 4 members (excludes halogenated alkanes) is 18. The van der Waals surface area contributed by atoms with Crippen LogP contribution in [0.4, 0.5) is 0 Å². The molecule has 0 aliphatic carbocycles. The minimum absolute atomic E-state index is 0.118. The Morgan fingerprint density at radius 1 is 0.375 bits per heavy atom. The molecule has 0 heterocycles. The summed E-state index contributed by atoms with van der Waals surface area (Å²) in [6.45, 7) is 15.5. The Bertz CT molecular complexity index is 1120. The fourth-order valence-electron chi connectivity index (χ4n) is 7.34. The van der Waals surface area contributed by atoms with E-state index in [2.05, 4.69) is 61.8 Å². The topological polar surface area (TPSA) is 59.1 Å². The zero-order valence-electron chi connectivity index (χ0n) is 36.8. The largest absolute Gasteiger partial charge is 0.461 e. The van der Waals surface area contributed by atoms with Gasteiger partial charge in [0.05, 0.1) is 12.8 Å². The van der Waals surface area contributed by atoms with E-state index in [1.54, 1.807) is 0 Å². The van der Waals surface area contributed by atoms with Gasteiger partial charge >= 0.3 is 11.9 Å². The van der Waals surface area contributed by atoms with Crippen LogP contribution in [0, 0.1) is 0 Å². The van der Waals surface area contributed by atoms with Crippen molar-refractivity contribution in [2.75, 3.05) is 39.3 Å². The molecule has 318 valence electrons. The highest BCUT2D eigenvalue weighted by Crippen LogP contribution is 2.21. The van der Waals surface area contributed by atoms with E-state index in [1.807, 2.05) is 24.3 Å². The first-order valence-electron chi connectivity index (χ1n) is 23.4. The van der Waals surface area contributed by atoms with Crippen LogP contribution >= 0.6 is 0 Å². The molecule has 2 aromatic rings. The lowest BCUT2D eigenvalue weighted by Gasteiger charge is -2.22. The van der Waals surface area contributed by atoms with E-state index < -0.39 is 0 Å². The molecule has 0 N–H and O–H groups in total. The number of ether oxygens (including phenoxy) is 2. The quantitative estimate of drug-likeness (QED) is 0.0503. The zero-order chi connectivity index (χ0) is 40.3. The normalized spacial score (nSPS) is 11.5. The van der Waals surface area contributed by atoms with Crippen LogP contribution in [-0.2, 0) is 32.3 Å². The Kier molecular flexibility index (Phi) is 30.3. The molecule has 2 rings (SSSR count). The van der Waals surface area contributed by atoms with Gasteiger partial charge in [-0.05, 0) is 74.1 Å². The average Bonchev–Trinajstić information content (AvgIpc) is 3.22. The van der Waals surface area contributed by atoms with Crippen LogP contribution in [0.2, 0.25) is 0 Å². The van der Waals surface area contributed by atoms with Crippen molar-refractivity contribution < 1.29 is 19.1 Å². The molecule has 0 aromatic heterocycles. The van der Waals surface area contributed by atoms with E-state index in [0.29, 0.717) is 26.1 Å². The summed E-state index contributed by atoms with van der Waals surface area (Å²) in [6.07, 6.45) is 29.2. The third kappa shape index (κ3) is 25.5. The van der Waals surface area contributed by atoms with Crippen LogP contribution < -0.4 is 0 Å². The van der Waals surface area contributed by atoms with Crippen molar-refractivity contribution in [2.24, 2.45) is 0 Å². The fourth-order valence-corrected chi connectivity index (χ4v) is 7.34. The van der Waals surface area contributed by atoms with Crippen molar-refractivity contribution in [3.8, 4) is 11.1 Å². The van der Waals surface area contributed by atoms with Crippen LogP contribution in [0.1, 0.15) is 193 Å². The van der Waals surface area contributed by atoms with Crippen molar-refractivity contribution in [1.82, 2.24) is 9.80 Å². The molecule has 0 amide bonds. The van der Waals surface area contributed by atoms with Gasteiger partial charge in [-0.15, -0.1) is 0 Å². The molecule has 0 radical (unpaired) electrons. The molecule has 0 unspecified atom stereocenters. The fraction of sp³-hybridized carbons (Fsp3) is 0.720. The predicted molar refractivity (Wildman–Crippen MR) is 238 cm³/mol. The van der Waals surface area contributed by atoms with Crippen molar-refractivity contribution in [3.05, 3.63) is 59.7 Å². The van der Waals surface area contributed by atoms with Gasteiger partial charge in [0.15, 0.2) is 0 Å². The summed E-state index contributed by atoms with van der Waals surface area (Å²) in [4.78, 5) is 30.4. The molecular weight excluding hydrogens is 693 g/mol. The molecule has 0 saturated heterocycles. The number of hydrogen-bond acceptors (Lipinski definition) is 6. The van der Waals surface area contributed by atoms with Crippen LogP contribution in [0.5, 0.6) is 0 Å². The first-order chi connectivity index (χ1) is 27.5. The number of nitrogens with zero attached hydrogens (tertiary/aromatic N) is 2. The highest BCUT2D eigenvalue weighted by molar-refractivity contribution is 5.70. The molecule has 0 bridgehead atoms. The van der Waals surface area contributed by atoms with E-state index in [0.717, 1.165) is 61.5 Å². The second-order valence-corrected chi connectivity index (χ2v) is 16.3. The van der Waals surface area contributed by atoms with E-state index in [-0.39, 0.29) is 11.9 Å². The summed E-state index contributed by atoms with van der Waals surface area (Å²) >= 11 is 0. The van der Waals surface area contributed by atoms with Gasteiger partial charge in [0.2, 0.25) is 0 Å². The second kappa shape index (κ2) is 34.4. The first kappa shape index (κ1) is 49.4. The van der Waals surface area contributed by atoms with E-state index in [1.165, 1.54) is 141 Å². The smallest absolute Gasteiger partial charge is 0.307 e. The van der Waals surface area contributed by atoms with Gasteiger partial charge in [-0.1, -0.05) is 192 Å². The SMILES string of the molecule is CCCCCCCCN(CCCCCCC)CCC(=O)OCc1ccc(-c2ccc(COC(=O)CCN(CCCCCCC)CCCCCCCC)cc2)cc1. The summed E-state index contributed by atoms with van der Waals surface area (Å²) in [5, 5.41) is 0. The number of carbonyl (C=O) groups excluding carboxylic acids is 2. The Balaban J connectivity index is 1.74. The van der Waals surface area contributed by atoms with Crippen LogP contribution in [-0.4, -0.2) is 61.0 Å². The number of benzene rings is 2. The number of rotatable bonds is 37. The van der Waals surface area contributed by atoms with E-state index >= 15 is 0 Å². The maximum Gasteiger partial charge on any atom is 0.307 e. The molecule has 0 aliphatic rings. The number of hydrogen-bond donors (Lipinski definition) is 0. The summed E-state index contributed by atoms with van der Waals surface area (Å²) in [5.74, 6) is -0.236. The lowest BCUT2D eigenvalue weighted by molar-refractivity contribution is -0.146. The molecule has 6 heteroatoms. The summed E-state index contributed by atoms with van der Waals surface area (Å²) < 4.78 is 11.4. The van der Waals surface area contributed by atoms with Crippen LogP contribution in [0.3, 0.4) is 0 Å². The standard InChI is InChI=1S/C50H84N2O4/c1-5-9-13-17-21-25-39-51(37-23-19-15-11-7-3)41-35-49(53)55-43-45-27-31-47(32-28-45)48-33-29-46(30-34-48)44-56-50(54)36-42-52(38-24-20-16-12-8-4)40-26-22-18-14-10-6-2/h27-34H,5-26,35-44H2,1-4H3.